The Labute approximate surface area is 68.6 Å². The van der Waals surface area contributed by atoms with Crippen LogP contribution in [0, 0.1) is 0 Å². The highest BCUT2D eigenvalue weighted by atomic mass is 16.4. The quantitative estimate of drug-likeness (QED) is 0.681. The van der Waals surface area contributed by atoms with Crippen LogP contribution in [-0.4, -0.2) is 20.6 Å². The highest BCUT2D eigenvalue weighted by Crippen LogP contribution is 2.05. The number of aromatic amines is 1. The number of hydrogen-bond acceptors (Lipinski definition) is 2. The van der Waals surface area contributed by atoms with Gasteiger partial charge in [0, 0.05) is 18.4 Å². The molecule has 1 heterocycles. The Bertz CT molecular complexity index is 325. The zero-order chi connectivity index (χ0) is 9.14. The van der Waals surface area contributed by atoms with E-state index in [0.29, 0.717) is 0 Å². The van der Waals surface area contributed by atoms with Gasteiger partial charge in [0.1, 0.15) is 0 Å². The maximum Gasteiger partial charge on any atom is 0.325 e. The van der Waals surface area contributed by atoms with Crippen LogP contribution in [0.4, 0.5) is 0 Å². The van der Waals surface area contributed by atoms with Gasteiger partial charge in [0.25, 0.3) is 0 Å². The van der Waals surface area contributed by atoms with Crippen molar-refractivity contribution in [3.05, 3.63) is 22.9 Å². The van der Waals surface area contributed by atoms with E-state index in [2.05, 4.69) is 4.98 Å². The second kappa shape index (κ2) is 3.25. The first-order valence-corrected chi connectivity index (χ1v) is 3.58. The average molecular weight is 170 g/mol. The molecule has 12 heavy (non-hydrogen) atoms. The average Bonchev–Trinajstić information content (AvgIpc) is 2.33. The highest BCUT2D eigenvalue weighted by molar-refractivity contribution is 5.67. The lowest BCUT2D eigenvalue weighted by Gasteiger charge is -2.07. The fourth-order valence-corrected chi connectivity index (χ4v) is 1.03. The van der Waals surface area contributed by atoms with Crippen LogP contribution >= 0.6 is 0 Å². The first kappa shape index (κ1) is 8.58. The van der Waals surface area contributed by atoms with E-state index in [9.17, 15) is 9.59 Å². The van der Waals surface area contributed by atoms with Crippen LogP contribution in [0.15, 0.2) is 17.2 Å². The molecule has 0 amide bonds. The molecule has 0 spiro atoms. The first-order chi connectivity index (χ1) is 5.61. The van der Waals surface area contributed by atoms with Gasteiger partial charge in [-0.1, -0.05) is 0 Å². The number of carbonyl (C=O) groups is 1. The molecule has 1 aromatic heterocycles. The summed E-state index contributed by atoms with van der Waals surface area (Å²) in [6, 6.07) is -0.304. The van der Waals surface area contributed by atoms with Crippen molar-refractivity contribution in [2.75, 3.05) is 0 Å². The summed E-state index contributed by atoms with van der Waals surface area (Å²) in [5.74, 6) is -0.907. The van der Waals surface area contributed by atoms with E-state index in [1.54, 1.807) is 6.92 Å². The van der Waals surface area contributed by atoms with Gasteiger partial charge < -0.3 is 10.1 Å². The monoisotopic (exact) mass is 170 g/mol. The van der Waals surface area contributed by atoms with Crippen LogP contribution in [0.1, 0.15) is 19.4 Å². The molecule has 1 unspecified atom stereocenters. The molecule has 0 fully saturated rings. The highest BCUT2D eigenvalue weighted by Gasteiger charge is 2.10. The van der Waals surface area contributed by atoms with Gasteiger partial charge >= 0.3 is 11.7 Å². The van der Waals surface area contributed by atoms with E-state index >= 15 is 0 Å². The molecular weight excluding hydrogens is 160 g/mol. The normalized spacial score (nSPS) is 12.8. The van der Waals surface area contributed by atoms with Gasteiger partial charge in [-0.25, -0.2) is 4.79 Å². The Morgan fingerprint density at radius 3 is 2.92 bits per heavy atom. The summed E-state index contributed by atoms with van der Waals surface area (Å²) in [4.78, 5) is 23.7. The smallest absolute Gasteiger partial charge is 0.325 e. The summed E-state index contributed by atoms with van der Waals surface area (Å²) in [7, 11) is 0. The minimum Gasteiger partial charge on any atom is -0.481 e. The van der Waals surface area contributed by atoms with Crippen molar-refractivity contribution in [2.24, 2.45) is 0 Å². The number of nitrogens with zero attached hydrogens (tertiary/aromatic N) is 1. The minimum atomic E-state index is -0.907. The lowest BCUT2D eigenvalue weighted by Crippen LogP contribution is -2.21. The molecule has 5 nitrogen and oxygen atoms in total. The number of hydrogen-bond donors (Lipinski definition) is 2. The summed E-state index contributed by atoms with van der Waals surface area (Å²) >= 11 is 0. The largest absolute Gasteiger partial charge is 0.481 e. The van der Waals surface area contributed by atoms with Crippen LogP contribution < -0.4 is 5.69 Å². The Kier molecular flexibility index (Phi) is 2.32. The van der Waals surface area contributed by atoms with Crippen molar-refractivity contribution < 1.29 is 9.90 Å². The minimum absolute atomic E-state index is 0.0439. The Balaban J connectivity index is 2.78. The number of imidazole rings is 1. The second-order valence-corrected chi connectivity index (χ2v) is 2.62. The van der Waals surface area contributed by atoms with Crippen LogP contribution in [0.2, 0.25) is 0 Å². The third-order valence-electron chi connectivity index (χ3n) is 1.62. The molecule has 0 aliphatic carbocycles. The Morgan fingerprint density at radius 2 is 2.50 bits per heavy atom. The number of rotatable bonds is 3. The fourth-order valence-electron chi connectivity index (χ4n) is 1.03. The lowest BCUT2D eigenvalue weighted by molar-refractivity contribution is -0.137. The van der Waals surface area contributed by atoms with Gasteiger partial charge in [-0.05, 0) is 6.92 Å². The lowest BCUT2D eigenvalue weighted by atomic mass is 10.2. The molecule has 0 aromatic carbocycles. The number of carboxylic acid groups (broad SMARTS) is 1. The molecule has 66 valence electrons. The Morgan fingerprint density at radius 1 is 1.83 bits per heavy atom. The zero-order valence-corrected chi connectivity index (χ0v) is 6.65. The van der Waals surface area contributed by atoms with Gasteiger partial charge in [0.05, 0.1) is 6.42 Å². The second-order valence-electron chi connectivity index (χ2n) is 2.62. The number of aromatic nitrogens is 2. The molecule has 0 aliphatic heterocycles. The molecule has 1 rings (SSSR count). The van der Waals surface area contributed by atoms with E-state index in [4.69, 9.17) is 5.11 Å². The number of carboxylic acids is 1. The third kappa shape index (κ3) is 1.75. The van der Waals surface area contributed by atoms with Crippen LogP contribution in [0.3, 0.4) is 0 Å². The van der Waals surface area contributed by atoms with E-state index in [-0.39, 0.29) is 18.2 Å². The first-order valence-electron chi connectivity index (χ1n) is 3.58. The van der Waals surface area contributed by atoms with Crippen LogP contribution in [0.25, 0.3) is 0 Å². The van der Waals surface area contributed by atoms with E-state index in [1.807, 2.05) is 0 Å². The number of aliphatic carboxylic acids is 1. The van der Waals surface area contributed by atoms with Gasteiger partial charge in [-0.15, -0.1) is 0 Å². The third-order valence-corrected chi connectivity index (χ3v) is 1.62. The van der Waals surface area contributed by atoms with Gasteiger partial charge in [0.2, 0.25) is 0 Å². The molecule has 0 aliphatic rings. The van der Waals surface area contributed by atoms with Gasteiger partial charge in [0.15, 0.2) is 0 Å². The molecule has 1 aromatic rings. The molecule has 2 N–H and O–H groups in total. The maximum absolute atomic E-state index is 11.0. The van der Waals surface area contributed by atoms with Crippen molar-refractivity contribution >= 4 is 5.97 Å². The summed E-state index contributed by atoms with van der Waals surface area (Å²) in [6.45, 7) is 1.68. The van der Waals surface area contributed by atoms with Crippen molar-refractivity contribution in [1.82, 2.24) is 9.55 Å². The maximum atomic E-state index is 11.0. The van der Waals surface area contributed by atoms with E-state index in [1.165, 1.54) is 17.0 Å². The van der Waals surface area contributed by atoms with E-state index < -0.39 is 5.97 Å². The van der Waals surface area contributed by atoms with Crippen LogP contribution in [0.5, 0.6) is 0 Å². The predicted octanol–water partition coefficient (Wildman–Crippen LogP) is 0.212. The van der Waals surface area contributed by atoms with Gasteiger partial charge in [-0.2, -0.15) is 0 Å². The standard InChI is InChI=1S/C7H10N2O3/c1-5(4-6(10)11)9-3-2-8-7(9)12/h2-3,5H,4H2,1H3,(H,8,12)(H,10,11). The molecule has 0 bridgehead atoms. The van der Waals surface area contributed by atoms with Crippen LogP contribution in [-0.2, 0) is 4.79 Å². The molecular formula is C7H10N2O3. The molecule has 5 heteroatoms. The van der Waals surface area contributed by atoms with Crippen molar-refractivity contribution in [3.8, 4) is 0 Å². The number of H-pyrrole nitrogens is 1. The summed E-state index contributed by atoms with van der Waals surface area (Å²) in [6.07, 6.45) is 2.98. The van der Waals surface area contributed by atoms with Gasteiger partial charge in [-0.3, -0.25) is 9.36 Å². The SMILES string of the molecule is CC(CC(=O)O)n1cc[nH]c1=O. The number of nitrogens with one attached hydrogen (secondary N) is 1. The summed E-state index contributed by atoms with van der Waals surface area (Å²) < 4.78 is 1.36. The summed E-state index contributed by atoms with van der Waals surface area (Å²) in [5, 5.41) is 8.45. The van der Waals surface area contributed by atoms with Crippen molar-refractivity contribution in [1.29, 1.82) is 0 Å². The molecule has 0 saturated carbocycles. The Hall–Kier alpha value is -1.52. The predicted molar refractivity (Wildman–Crippen MR) is 42.0 cm³/mol. The molecule has 0 radical (unpaired) electrons. The van der Waals surface area contributed by atoms with Crippen molar-refractivity contribution in [3.63, 3.8) is 0 Å². The van der Waals surface area contributed by atoms with E-state index in [0.717, 1.165) is 0 Å². The topological polar surface area (TPSA) is 75.1 Å². The molecule has 1 atom stereocenters. The van der Waals surface area contributed by atoms with Crippen molar-refractivity contribution in [2.45, 2.75) is 19.4 Å². The summed E-state index contributed by atoms with van der Waals surface area (Å²) in [5.41, 5.74) is -0.274. The fraction of sp³-hybridized carbons (Fsp3) is 0.429. The zero-order valence-electron chi connectivity index (χ0n) is 6.65. The molecule has 0 saturated heterocycles.